The molecule has 9 nitrogen and oxygen atoms in total. The minimum Gasteiger partial charge on any atom is -0.497 e. The molecule has 1 saturated heterocycles. The molecule has 11 heteroatoms. The Morgan fingerprint density at radius 1 is 1.00 bits per heavy atom. The minimum absolute atomic E-state index is 0.0841. The van der Waals surface area contributed by atoms with Crippen LogP contribution in [0.25, 0.3) is 22.3 Å². The molecule has 3 heterocycles. The second kappa shape index (κ2) is 13.6. The van der Waals surface area contributed by atoms with Gasteiger partial charge in [-0.3, -0.25) is 9.88 Å². The van der Waals surface area contributed by atoms with Crippen LogP contribution in [0, 0.1) is 0 Å². The smallest absolute Gasteiger partial charge is 0.261 e. The van der Waals surface area contributed by atoms with E-state index in [1.165, 1.54) is 0 Å². The summed E-state index contributed by atoms with van der Waals surface area (Å²) in [5, 5.41) is 4.53. The van der Waals surface area contributed by atoms with Gasteiger partial charge in [0.1, 0.15) is 17.7 Å². The van der Waals surface area contributed by atoms with Crippen molar-refractivity contribution < 1.29 is 23.0 Å². The van der Waals surface area contributed by atoms with Crippen molar-refractivity contribution in [2.45, 2.75) is 51.7 Å². The van der Waals surface area contributed by atoms with Crippen molar-refractivity contribution in [3.63, 3.8) is 0 Å². The number of hydrogen-bond donors (Lipinski definition) is 0. The van der Waals surface area contributed by atoms with Crippen molar-refractivity contribution in [1.29, 1.82) is 0 Å². The molecule has 1 atom stereocenters. The van der Waals surface area contributed by atoms with E-state index in [1.54, 1.807) is 26.6 Å². The number of alkyl halides is 2. The van der Waals surface area contributed by atoms with E-state index in [-0.39, 0.29) is 19.2 Å². The molecule has 1 fully saturated rings. The lowest BCUT2D eigenvalue weighted by atomic mass is 10.1. The summed E-state index contributed by atoms with van der Waals surface area (Å²) in [5.74, 6) is -1.29. The number of rotatable bonds is 14. The van der Waals surface area contributed by atoms with Crippen molar-refractivity contribution in [3.05, 3.63) is 55.0 Å². The summed E-state index contributed by atoms with van der Waals surface area (Å²) < 4.78 is 46.4. The number of likely N-dealkylation sites (tertiary alicyclic amines) is 1. The molecule has 1 aliphatic rings. The molecule has 0 radical (unpaired) electrons. The molecule has 1 unspecified atom stereocenters. The highest BCUT2D eigenvalue weighted by Gasteiger charge is 2.37. The van der Waals surface area contributed by atoms with Gasteiger partial charge in [-0.2, -0.15) is 5.10 Å². The van der Waals surface area contributed by atoms with E-state index in [4.69, 9.17) is 19.2 Å². The lowest BCUT2D eigenvalue weighted by molar-refractivity contribution is -0.00813. The fourth-order valence-electron chi connectivity index (χ4n) is 5.38. The lowest BCUT2D eigenvalue weighted by Gasteiger charge is -2.27. The van der Waals surface area contributed by atoms with Gasteiger partial charge in [0.25, 0.3) is 5.92 Å². The predicted octanol–water partition coefficient (Wildman–Crippen LogP) is 6.71. The number of nitrogens with zero attached hydrogens (tertiary/aromatic N) is 6. The monoisotopic (exact) mass is 594 g/mol. The van der Waals surface area contributed by atoms with Gasteiger partial charge in [0, 0.05) is 74.0 Å². The molecule has 4 aromatic rings. The highest BCUT2D eigenvalue weighted by atomic mass is 19.3. The molecule has 230 valence electrons. The maximum Gasteiger partial charge on any atom is 0.261 e. The number of hydrogen-bond acceptors (Lipinski definition) is 8. The average molecular weight is 595 g/mol. The standard InChI is InChI=1S/C32H40F2N6O3/c1-5-14-43-31(6-2)40-21-23(19-36-40)30-20-35-28-9-8-24(17-29(28)37-30)39(12-7-11-38-13-10-32(33,34)22-38)25-15-26(41-3)18-27(16-25)42-4/h8-9,15-21,31H,5-7,10-14,22H2,1-4H3. The highest BCUT2D eigenvalue weighted by Crippen LogP contribution is 2.35. The molecule has 0 N–H and O–H groups in total. The van der Waals surface area contributed by atoms with Gasteiger partial charge in [0.15, 0.2) is 0 Å². The van der Waals surface area contributed by atoms with E-state index in [0.29, 0.717) is 49.9 Å². The number of methoxy groups -OCH3 is 2. The van der Waals surface area contributed by atoms with Crippen molar-refractivity contribution in [2.24, 2.45) is 0 Å². The summed E-state index contributed by atoms with van der Waals surface area (Å²) >= 11 is 0. The molecule has 0 spiro atoms. The number of anilines is 2. The van der Waals surface area contributed by atoms with Gasteiger partial charge in [-0.1, -0.05) is 13.8 Å². The molecule has 5 rings (SSSR count). The fraction of sp³-hybridized carbons (Fsp3) is 0.469. The summed E-state index contributed by atoms with van der Waals surface area (Å²) in [7, 11) is 3.23. The molecular formula is C32H40F2N6O3. The Balaban J connectivity index is 1.44. The highest BCUT2D eigenvalue weighted by molar-refractivity contribution is 5.82. The summed E-state index contributed by atoms with van der Waals surface area (Å²) in [6.07, 6.45) is 7.71. The summed E-state index contributed by atoms with van der Waals surface area (Å²) in [6, 6.07) is 11.7. The van der Waals surface area contributed by atoms with Gasteiger partial charge in [0.2, 0.25) is 0 Å². The van der Waals surface area contributed by atoms with Crippen molar-refractivity contribution >= 4 is 22.4 Å². The molecule has 0 saturated carbocycles. The minimum atomic E-state index is -2.61. The normalized spacial score (nSPS) is 15.6. The molecule has 1 aliphatic heterocycles. The largest absolute Gasteiger partial charge is 0.497 e. The van der Waals surface area contributed by atoms with Crippen LogP contribution in [0.4, 0.5) is 20.2 Å². The first-order chi connectivity index (χ1) is 20.8. The third kappa shape index (κ3) is 7.40. The van der Waals surface area contributed by atoms with E-state index in [1.807, 2.05) is 52.2 Å². The lowest BCUT2D eigenvalue weighted by Crippen LogP contribution is -2.29. The molecule has 0 aliphatic carbocycles. The first-order valence-corrected chi connectivity index (χ1v) is 14.9. The van der Waals surface area contributed by atoms with E-state index in [9.17, 15) is 8.78 Å². The maximum atomic E-state index is 13.8. The van der Waals surface area contributed by atoms with Crippen LogP contribution in [0.15, 0.2) is 55.0 Å². The zero-order valence-electron chi connectivity index (χ0n) is 25.3. The Hall–Kier alpha value is -3.83. The van der Waals surface area contributed by atoms with Crippen LogP contribution < -0.4 is 14.4 Å². The third-order valence-electron chi connectivity index (χ3n) is 7.65. The Morgan fingerprint density at radius 2 is 1.79 bits per heavy atom. The van der Waals surface area contributed by atoms with Crippen molar-refractivity contribution in [2.75, 3.05) is 51.9 Å². The molecule has 0 bridgehead atoms. The van der Waals surface area contributed by atoms with E-state index < -0.39 is 5.92 Å². The first kappa shape index (κ1) is 30.6. The summed E-state index contributed by atoms with van der Waals surface area (Å²) in [6.45, 7) is 6.23. The zero-order chi connectivity index (χ0) is 30.4. The Morgan fingerprint density at radius 3 is 2.47 bits per heavy atom. The Labute approximate surface area is 251 Å². The van der Waals surface area contributed by atoms with Crippen LogP contribution in [-0.2, 0) is 4.74 Å². The van der Waals surface area contributed by atoms with Gasteiger partial charge in [0.05, 0.1) is 49.9 Å². The molecule has 0 amide bonds. The summed E-state index contributed by atoms with van der Waals surface area (Å²) in [5.41, 5.74) is 4.83. The van der Waals surface area contributed by atoms with Crippen molar-refractivity contribution in [1.82, 2.24) is 24.6 Å². The van der Waals surface area contributed by atoms with Crippen molar-refractivity contribution in [3.8, 4) is 22.8 Å². The van der Waals surface area contributed by atoms with Crippen LogP contribution in [-0.4, -0.2) is 77.6 Å². The predicted molar refractivity (Wildman–Crippen MR) is 164 cm³/mol. The van der Waals surface area contributed by atoms with Crippen LogP contribution in [0.1, 0.15) is 45.8 Å². The molecule has 43 heavy (non-hydrogen) atoms. The second-order valence-corrected chi connectivity index (χ2v) is 10.8. The Kier molecular flexibility index (Phi) is 9.72. The molecule has 2 aromatic heterocycles. The van der Waals surface area contributed by atoms with Gasteiger partial charge >= 0.3 is 0 Å². The van der Waals surface area contributed by atoms with Gasteiger partial charge in [-0.05, 0) is 37.5 Å². The summed E-state index contributed by atoms with van der Waals surface area (Å²) in [4.78, 5) is 13.6. The topological polar surface area (TPSA) is 77.8 Å². The first-order valence-electron chi connectivity index (χ1n) is 14.9. The number of benzene rings is 2. The van der Waals surface area contributed by atoms with Gasteiger partial charge in [-0.15, -0.1) is 0 Å². The SMILES string of the molecule is CCCOC(CC)n1cc(-c2cnc3ccc(N(CCCN4CCC(F)(F)C4)c4cc(OC)cc(OC)c4)cc3n2)cn1. The second-order valence-electron chi connectivity index (χ2n) is 10.8. The van der Waals surface area contributed by atoms with Crippen LogP contribution in [0.2, 0.25) is 0 Å². The van der Waals surface area contributed by atoms with Crippen LogP contribution >= 0.6 is 0 Å². The molecular weight excluding hydrogens is 554 g/mol. The van der Waals surface area contributed by atoms with Gasteiger partial charge in [-0.25, -0.2) is 18.4 Å². The quantitative estimate of drug-likeness (QED) is 0.159. The number of aromatic nitrogens is 4. The average Bonchev–Trinajstić information content (AvgIpc) is 3.65. The number of ether oxygens (including phenoxy) is 3. The van der Waals surface area contributed by atoms with E-state index in [2.05, 4.69) is 28.8 Å². The van der Waals surface area contributed by atoms with Gasteiger partial charge < -0.3 is 19.1 Å². The third-order valence-corrected chi connectivity index (χ3v) is 7.65. The van der Waals surface area contributed by atoms with Crippen LogP contribution in [0.3, 0.4) is 0 Å². The Bertz CT molecular complexity index is 1490. The zero-order valence-corrected chi connectivity index (χ0v) is 25.3. The van der Waals surface area contributed by atoms with Crippen LogP contribution in [0.5, 0.6) is 11.5 Å². The maximum absolute atomic E-state index is 13.8. The number of halogens is 2. The number of fused-ring (bicyclic) bond motifs is 1. The fourth-order valence-corrected chi connectivity index (χ4v) is 5.38. The van der Waals surface area contributed by atoms with E-state index >= 15 is 0 Å². The van der Waals surface area contributed by atoms with E-state index in [0.717, 1.165) is 40.8 Å². The molecule has 2 aromatic carbocycles.